The SMILES string of the molecule is CC(C(N)=S)N(C)C(=O)c1ccc(Br)c(O)c1. The van der Waals surface area contributed by atoms with Crippen LogP contribution in [0.5, 0.6) is 5.75 Å². The van der Waals surface area contributed by atoms with Crippen LogP contribution in [0.25, 0.3) is 0 Å². The van der Waals surface area contributed by atoms with Crippen molar-refractivity contribution in [3.05, 3.63) is 28.2 Å². The third-order valence-electron chi connectivity index (χ3n) is 2.51. The van der Waals surface area contributed by atoms with E-state index in [1.807, 2.05) is 0 Å². The summed E-state index contributed by atoms with van der Waals surface area (Å²) in [6, 6.07) is 4.30. The number of nitrogens with two attached hydrogens (primary N) is 1. The number of phenols is 1. The summed E-state index contributed by atoms with van der Waals surface area (Å²) in [6.07, 6.45) is 0. The Kier molecular flexibility index (Phi) is 4.47. The quantitative estimate of drug-likeness (QED) is 0.836. The molecule has 1 atom stereocenters. The maximum Gasteiger partial charge on any atom is 0.254 e. The van der Waals surface area contributed by atoms with Crippen LogP contribution in [0, 0.1) is 0 Å². The van der Waals surface area contributed by atoms with Crippen molar-refractivity contribution in [2.45, 2.75) is 13.0 Å². The third-order valence-corrected chi connectivity index (χ3v) is 3.52. The van der Waals surface area contributed by atoms with Crippen molar-refractivity contribution < 1.29 is 9.90 Å². The second-order valence-electron chi connectivity index (χ2n) is 3.66. The third kappa shape index (κ3) is 3.17. The van der Waals surface area contributed by atoms with Gasteiger partial charge in [-0.25, -0.2) is 0 Å². The Hall–Kier alpha value is -1.14. The molecule has 4 nitrogen and oxygen atoms in total. The van der Waals surface area contributed by atoms with Crippen molar-refractivity contribution in [3.8, 4) is 5.75 Å². The normalized spacial score (nSPS) is 11.9. The molecule has 0 aromatic heterocycles. The molecule has 0 heterocycles. The first-order chi connectivity index (χ1) is 7.84. The van der Waals surface area contributed by atoms with Crippen LogP contribution in [-0.4, -0.2) is 34.0 Å². The Morgan fingerprint density at radius 1 is 1.59 bits per heavy atom. The molecule has 1 rings (SSSR count). The van der Waals surface area contributed by atoms with E-state index < -0.39 is 0 Å². The van der Waals surface area contributed by atoms with Crippen molar-refractivity contribution in [1.29, 1.82) is 0 Å². The molecular formula is C11H13BrN2O2S. The smallest absolute Gasteiger partial charge is 0.254 e. The molecule has 0 aliphatic carbocycles. The molecule has 3 N–H and O–H groups in total. The lowest BCUT2D eigenvalue weighted by Crippen LogP contribution is -2.42. The summed E-state index contributed by atoms with van der Waals surface area (Å²) in [5.41, 5.74) is 5.87. The molecule has 0 spiro atoms. The van der Waals surface area contributed by atoms with Gasteiger partial charge in [0.15, 0.2) is 0 Å². The minimum Gasteiger partial charge on any atom is -0.507 e. The number of hydrogen-bond acceptors (Lipinski definition) is 3. The summed E-state index contributed by atoms with van der Waals surface area (Å²) < 4.78 is 0.541. The molecule has 0 bridgehead atoms. The fourth-order valence-corrected chi connectivity index (χ4v) is 1.62. The largest absolute Gasteiger partial charge is 0.507 e. The number of carbonyl (C=O) groups excluding carboxylic acids is 1. The molecule has 0 saturated carbocycles. The Balaban J connectivity index is 2.96. The zero-order valence-electron chi connectivity index (χ0n) is 9.48. The number of amides is 1. The fourth-order valence-electron chi connectivity index (χ4n) is 1.22. The molecule has 1 aromatic rings. The standard InChI is InChI=1S/C11H13BrN2O2S/c1-6(10(13)17)14(2)11(16)7-3-4-8(12)9(15)5-7/h3-6,15H,1-2H3,(H2,13,17). The van der Waals surface area contributed by atoms with Gasteiger partial charge in [-0.2, -0.15) is 0 Å². The van der Waals surface area contributed by atoms with E-state index in [9.17, 15) is 9.90 Å². The van der Waals surface area contributed by atoms with Crippen molar-refractivity contribution in [2.75, 3.05) is 7.05 Å². The lowest BCUT2D eigenvalue weighted by atomic mass is 10.1. The molecule has 1 aromatic carbocycles. The van der Waals surface area contributed by atoms with Crippen LogP contribution < -0.4 is 5.73 Å². The van der Waals surface area contributed by atoms with Crippen LogP contribution in [0.2, 0.25) is 0 Å². The number of carbonyl (C=O) groups is 1. The van der Waals surface area contributed by atoms with Gasteiger partial charge in [0.25, 0.3) is 5.91 Å². The first-order valence-electron chi connectivity index (χ1n) is 4.89. The fraction of sp³-hybridized carbons (Fsp3) is 0.273. The lowest BCUT2D eigenvalue weighted by Gasteiger charge is -2.24. The Morgan fingerprint density at radius 2 is 2.18 bits per heavy atom. The predicted molar refractivity (Wildman–Crippen MR) is 74.1 cm³/mol. The van der Waals surface area contributed by atoms with Gasteiger partial charge in [-0.3, -0.25) is 4.79 Å². The molecule has 0 radical (unpaired) electrons. The van der Waals surface area contributed by atoms with Gasteiger partial charge in [-0.1, -0.05) is 12.2 Å². The van der Waals surface area contributed by atoms with E-state index in [0.717, 1.165) is 0 Å². The van der Waals surface area contributed by atoms with E-state index >= 15 is 0 Å². The summed E-state index contributed by atoms with van der Waals surface area (Å²) in [5, 5.41) is 9.51. The highest BCUT2D eigenvalue weighted by Crippen LogP contribution is 2.24. The average Bonchev–Trinajstić information content (AvgIpc) is 2.29. The lowest BCUT2D eigenvalue weighted by molar-refractivity contribution is 0.0778. The van der Waals surface area contributed by atoms with Gasteiger partial charge in [0.05, 0.1) is 15.5 Å². The molecule has 0 aliphatic heterocycles. The maximum absolute atomic E-state index is 12.0. The molecule has 92 valence electrons. The topological polar surface area (TPSA) is 66.6 Å². The molecule has 0 aliphatic rings. The van der Waals surface area contributed by atoms with Gasteiger partial charge in [-0.05, 0) is 41.1 Å². The van der Waals surface area contributed by atoms with Gasteiger partial charge >= 0.3 is 0 Å². The number of likely N-dealkylation sites (N-methyl/N-ethyl adjacent to an activating group) is 1. The van der Waals surface area contributed by atoms with Crippen molar-refractivity contribution >= 4 is 39.0 Å². The number of thiocarbonyl (C=S) groups is 1. The molecule has 17 heavy (non-hydrogen) atoms. The zero-order chi connectivity index (χ0) is 13.2. The van der Waals surface area contributed by atoms with Gasteiger partial charge in [0.1, 0.15) is 5.75 Å². The number of halogens is 1. The van der Waals surface area contributed by atoms with Gasteiger partial charge in [0.2, 0.25) is 0 Å². The van der Waals surface area contributed by atoms with E-state index in [0.29, 0.717) is 10.0 Å². The zero-order valence-corrected chi connectivity index (χ0v) is 11.9. The van der Waals surface area contributed by atoms with Crippen molar-refractivity contribution in [1.82, 2.24) is 4.90 Å². The van der Waals surface area contributed by atoms with Crippen LogP contribution >= 0.6 is 28.1 Å². The predicted octanol–water partition coefficient (Wildman–Crippen LogP) is 1.90. The number of benzene rings is 1. The number of hydrogen-bond donors (Lipinski definition) is 2. The van der Waals surface area contributed by atoms with E-state index in [-0.39, 0.29) is 22.7 Å². The van der Waals surface area contributed by atoms with Crippen LogP contribution in [-0.2, 0) is 0 Å². The monoisotopic (exact) mass is 316 g/mol. The Bertz CT molecular complexity index is 465. The Labute approximate surface area is 114 Å². The van der Waals surface area contributed by atoms with Gasteiger partial charge < -0.3 is 15.7 Å². The molecule has 0 saturated heterocycles. The van der Waals surface area contributed by atoms with E-state index in [4.69, 9.17) is 18.0 Å². The summed E-state index contributed by atoms with van der Waals surface area (Å²) in [4.78, 5) is 13.7. The summed E-state index contributed by atoms with van der Waals surface area (Å²) in [5.74, 6) is -0.222. The minimum absolute atomic E-state index is 0.0206. The van der Waals surface area contributed by atoms with Crippen molar-refractivity contribution in [2.24, 2.45) is 5.73 Å². The summed E-state index contributed by atoms with van der Waals surface area (Å²) >= 11 is 7.99. The maximum atomic E-state index is 12.0. The number of phenolic OH excluding ortho intramolecular Hbond substituents is 1. The van der Waals surface area contributed by atoms with Crippen molar-refractivity contribution in [3.63, 3.8) is 0 Å². The van der Waals surface area contributed by atoms with E-state index in [2.05, 4.69) is 15.9 Å². The van der Waals surface area contributed by atoms with Crippen LogP contribution in [0.1, 0.15) is 17.3 Å². The molecule has 1 amide bonds. The van der Waals surface area contributed by atoms with E-state index in [1.54, 1.807) is 26.1 Å². The summed E-state index contributed by atoms with van der Waals surface area (Å²) in [7, 11) is 1.62. The molecular weight excluding hydrogens is 304 g/mol. The van der Waals surface area contributed by atoms with E-state index in [1.165, 1.54) is 11.0 Å². The first-order valence-corrected chi connectivity index (χ1v) is 6.09. The van der Waals surface area contributed by atoms with Gasteiger partial charge in [0, 0.05) is 12.6 Å². The van der Waals surface area contributed by atoms with Crippen LogP contribution in [0.4, 0.5) is 0 Å². The van der Waals surface area contributed by atoms with Crippen LogP contribution in [0.3, 0.4) is 0 Å². The molecule has 6 heteroatoms. The number of rotatable bonds is 3. The second kappa shape index (κ2) is 5.46. The van der Waals surface area contributed by atoms with Crippen LogP contribution in [0.15, 0.2) is 22.7 Å². The molecule has 0 fully saturated rings. The first kappa shape index (κ1) is 13.9. The number of nitrogens with zero attached hydrogens (tertiary/aromatic N) is 1. The second-order valence-corrected chi connectivity index (χ2v) is 4.99. The highest BCUT2D eigenvalue weighted by atomic mass is 79.9. The minimum atomic E-state index is -0.330. The summed E-state index contributed by atoms with van der Waals surface area (Å²) in [6.45, 7) is 1.75. The number of aromatic hydroxyl groups is 1. The highest BCUT2D eigenvalue weighted by molar-refractivity contribution is 9.10. The van der Waals surface area contributed by atoms with Gasteiger partial charge in [-0.15, -0.1) is 0 Å². The average molecular weight is 317 g/mol. The highest BCUT2D eigenvalue weighted by Gasteiger charge is 2.19. The molecule has 1 unspecified atom stereocenters. The Morgan fingerprint density at radius 3 is 2.65 bits per heavy atom.